The first-order valence-electron chi connectivity index (χ1n) is 5.88. The van der Waals surface area contributed by atoms with Gasteiger partial charge in [-0.15, -0.1) is 11.8 Å². The number of hydrogen-bond acceptors (Lipinski definition) is 2. The molecule has 2 nitrogen and oxygen atoms in total. The number of carboxylic acid groups (broad SMARTS) is 1. The molecular formula is C15H13FO2S. The molecule has 0 heterocycles. The maximum absolute atomic E-state index is 13.6. The number of rotatable bonds is 4. The molecule has 1 N–H and O–H groups in total. The van der Waals surface area contributed by atoms with Gasteiger partial charge in [-0.25, -0.2) is 9.18 Å². The zero-order valence-electron chi connectivity index (χ0n) is 10.4. The Hall–Kier alpha value is -1.81. The Balaban J connectivity index is 2.31. The smallest absolute Gasteiger partial charge is 0.338 e. The van der Waals surface area contributed by atoms with Gasteiger partial charge in [0.1, 0.15) is 5.82 Å². The van der Waals surface area contributed by atoms with Crippen molar-refractivity contribution >= 4 is 17.7 Å². The molecule has 0 aliphatic rings. The van der Waals surface area contributed by atoms with Crippen molar-refractivity contribution in [3.8, 4) is 11.1 Å². The number of aromatic carboxylic acids is 1. The van der Waals surface area contributed by atoms with Crippen molar-refractivity contribution in [3.63, 3.8) is 0 Å². The number of hydrogen-bond donors (Lipinski definition) is 1. The van der Waals surface area contributed by atoms with Gasteiger partial charge in [-0.05, 0) is 41.1 Å². The fraction of sp³-hybridized carbons (Fsp3) is 0.133. The van der Waals surface area contributed by atoms with E-state index in [2.05, 4.69) is 6.92 Å². The molecule has 19 heavy (non-hydrogen) atoms. The number of halogens is 1. The quantitative estimate of drug-likeness (QED) is 0.846. The number of benzene rings is 2. The van der Waals surface area contributed by atoms with Crippen molar-refractivity contribution in [1.82, 2.24) is 0 Å². The summed E-state index contributed by atoms with van der Waals surface area (Å²) >= 11 is 1.74. The van der Waals surface area contributed by atoms with E-state index in [0.29, 0.717) is 5.56 Å². The summed E-state index contributed by atoms with van der Waals surface area (Å²) in [6, 6.07) is 11.9. The van der Waals surface area contributed by atoms with Crippen LogP contribution in [-0.2, 0) is 0 Å². The summed E-state index contributed by atoms with van der Waals surface area (Å²) in [7, 11) is 0. The second-order valence-corrected chi connectivity index (χ2v) is 5.29. The van der Waals surface area contributed by atoms with Crippen LogP contribution in [-0.4, -0.2) is 16.8 Å². The van der Waals surface area contributed by atoms with E-state index in [-0.39, 0.29) is 5.56 Å². The van der Waals surface area contributed by atoms with Crippen LogP contribution in [0.5, 0.6) is 0 Å². The van der Waals surface area contributed by atoms with Gasteiger partial charge in [-0.2, -0.15) is 0 Å². The van der Waals surface area contributed by atoms with Gasteiger partial charge < -0.3 is 5.11 Å². The summed E-state index contributed by atoms with van der Waals surface area (Å²) in [5.74, 6) is -0.961. The normalized spacial score (nSPS) is 10.4. The van der Waals surface area contributed by atoms with Crippen molar-refractivity contribution in [3.05, 3.63) is 53.8 Å². The zero-order valence-corrected chi connectivity index (χ0v) is 11.2. The van der Waals surface area contributed by atoms with E-state index in [4.69, 9.17) is 5.11 Å². The third-order valence-corrected chi connectivity index (χ3v) is 3.59. The summed E-state index contributed by atoms with van der Waals surface area (Å²) in [6.45, 7) is 2.08. The molecule has 0 aliphatic carbocycles. The molecule has 0 amide bonds. The van der Waals surface area contributed by atoms with Crippen molar-refractivity contribution in [1.29, 1.82) is 0 Å². The predicted octanol–water partition coefficient (Wildman–Crippen LogP) is 4.30. The van der Waals surface area contributed by atoms with E-state index in [9.17, 15) is 9.18 Å². The fourth-order valence-corrected chi connectivity index (χ4v) is 2.44. The summed E-state index contributed by atoms with van der Waals surface area (Å²) < 4.78 is 13.6. The average Bonchev–Trinajstić information content (AvgIpc) is 2.39. The molecule has 0 saturated carbocycles. The highest BCUT2D eigenvalue weighted by atomic mass is 32.2. The third kappa shape index (κ3) is 3.15. The SMILES string of the molecule is CCSc1ccc(-c2ccc(C(=O)O)c(F)c2)cc1. The van der Waals surface area contributed by atoms with Crippen LogP contribution in [0, 0.1) is 5.82 Å². The Morgan fingerprint density at radius 2 is 1.79 bits per heavy atom. The van der Waals surface area contributed by atoms with E-state index in [0.717, 1.165) is 16.2 Å². The van der Waals surface area contributed by atoms with Crippen molar-refractivity contribution in [2.24, 2.45) is 0 Å². The molecule has 0 fully saturated rings. The maximum Gasteiger partial charge on any atom is 0.338 e. The van der Waals surface area contributed by atoms with Crippen molar-refractivity contribution in [2.45, 2.75) is 11.8 Å². The molecule has 0 spiro atoms. The first kappa shape index (κ1) is 13.6. The lowest BCUT2D eigenvalue weighted by Gasteiger charge is -2.05. The Labute approximate surface area is 115 Å². The van der Waals surface area contributed by atoms with Gasteiger partial charge in [0.15, 0.2) is 0 Å². The molecule has 0 unspecified atom stereocenters. The van der Waals surface area contributed by atoms with E-state index < -0.39 is 11.8 Å². The highest BCUT2D eigenvalue weighted by molar-refractivity contribution is 7.99. The highest BCUT2D eigenvalue weighted by Gasteiger charge is 2.10. The minimum absolute atomic E-state index is 0.304. The van der Waals surface area contributed by atoms with Gasteiger partial charge in [0.2, 0.25) is 0 Å². The van der Waals surface area contributed by atoms with Crippen LogP contribution < -0.4 is 0 Å². The van der Waals surface area contributed by atoms with E-state index >= 15 is 0 Å². The van der Waals surface area contributed by atoms with Crippen LogP contribution in [0.1, 0.15) is 17.3 Å². The standard InChI is InChI=1S/C15H13FO2S/c1-2-19-12-6-3-10(4-7-12)11-5-8-13(15(17)18)14(16)9-11/h3-9H,2H2,1H3,(H,17,18). The maximum atomic E-state index is 13.6. The first-order valence-corrected chi connectivity index (χ1v) is 6.86. The van der Waals surface area contributed by atoms with Gasteiger partial charge in [-0.1, -0.05) is 25.1 Å². The average molecular weight is 276 g/mol. The summed E-state index contributed by atoms with van der Waals surface area (Å²) in [4.78, 5) is 11.9. The monoisotopic (exact) mass is 276 g/mol. The molecule has 0 atom stereocenters. The van der Waals surface area contributed by atoms with Crippen LogP contribution in [0.4, 0.5) is 4.39 Å². The summed E-state index contributed by atoms with van der Waals surface area (Å²) in [5.41, 5.74) is 1.24. The third-order valence-electron chi connectivity index (χ3n) is 2.70. The number of thioether (sulfide) groups is 1. The predicted molar refractivity (Wildman–Crippen MR) is 75.2 cm³/mol. The van der Waals surface area contributed by atoms with Crippen LogP contribution in [0.3, 0.4) is 0 Å². The Morgan fingerprint density at radius 3 is 2.32 bits per heavy atom. The van der Waals surface area contributed by atoms with Gasteiger partial charge in [0.25, 0.3) is 0 Å². The van der Waals surface area contributed by atoms with E-state index in [1.54, 1.807) is 17.8 Å². The zero-order chi connectivity index (χ0) is 13.8. The van der Waals surface area contributed by atoms with Crippen LogP contribution in [0.15, 0.2) is 47.4 Å². The lowest BCUT2D eigenvalue weighted by atomic mass is 10.0. The summed E-state index contributed by atoms with van der Waals surface area (Å²) in [5, 5.41) is 8.78. The van der Waals surface area contributed by atoms with Crippen molar-refractivity contribution in [2.75, 3.05) is 5.75 Å². The fourth-order valence-electron chi connectivity index (χ4n) is 1.78. The molecule has 2 rings (SSSR count). The second-order valence-electron chi connectivity index (χ2n) is 3.96. The van der Waals surface area contributed by atoms with Gasteiger partial charge >= 0.3 is 5.97 Å². The van der Waals surface area contributed by atoms with Gasteiger partial charge in [-0.3, -0.25) is 0 Å². The molecule has 0 bridgehead atoms. The number of carboxylic acids is 1. The molecule has 0 saturated heterocycles. The first-order chi connectivity index (χ1) is 9.11. The van der Waals surface area contributed by atoms with Crippen LogP contribution in [0.25, 0.3) is 11.1 Å². The number of carbonyl (C=O) groups is 1. The molecule has 98 valence electrons. The Kier molecular flexibility index (Phi) is 4.22. The lowest BCUT2D eigenvalue weighted by molar-refractivity contribution is 0.0692. The molecular weight excluding hydrogens is 263 g/mol. The summed E-state index contributed by atoms with van der Waals surface area (Å²) in [6.07, 6.45) is 0. The second kappa shape index (κ2) is 5.89. The van der Waals surface area contributed by atoms with Gasteiger partial charge in [0, 0.05) is 4.90 Å². The van der Waals surface area contributed by atoms with Crippen LogP contribution in [0.2, 0.25) is 0 Å². The molecule has 0 radical (unpaired) electrons. The van der Waals surface area contributed by atoms with Gasteiger partial charge in [0.05, 0.1) is 5.56 Å². The minimum Gasteiger partial charge on any atom is -0.478 e. The minimum atomic E-state index is -1.25. The Morgan fingerprint density at radius 1 is 1.16 bits per heavy atom. The highest BCUT2D eigenvalue weighted by Crippen LogP contribution is 2.25. The topological polar surface area (TPSA) is 37.3 Å². The van der Waals surface area contributed by atoms with E-state index in [1.165, 1.54) is 12.1 Å². The molecule has 2 aromatic rings. The Bertz CT molecular complexity index is 594. The van der Waals surface area contributed by atoms with E-state index in [1.807, 2.05) is 24.3 Å². The molecule has 0 aromatic heterocycles. The molecule has 0 aliphatic heterocycles. The van der Waals surface area contributed by atoms with Crippen molar-refractivity contribution < 1.29 is 14.3 Å². The molecule has 4 heteroatoms. The van der Waals surface area contributed by atoms with Crippen LogP contribution >= 0.6 is 11.8 Å². The molecule has 2 aromatic carbocycles. The lowest BCUT2D eigenvalue weighted by Crippen LogP contribution is -2.00. The largest absolute Gasteiger partial charge is 0.478 e.